The van der Waals surface area contributed by atoms with Crippen molar-refractivity contribution in [1.29, 1.82) is 0 Å². The molecule has 5 heteroatoms. The minimum Gasteiger partial charge on any atom is -0.394 e. The number of carbonyl (C=O) groups is 1. The predicted octanol–water partition coefficient (Wildman–Crippen LogP) is 0.883. The molecule has 0 fully saturated rings. The average Bonchev–Trinajstić information content (AvgIpc) is 2.83. The molecule has 0 unspecified atom stereocenters. The van der Waals surface area contributed by atoms with Gasteiger partial charge in [0.05, 0.1) is 19.0 Å². The quantitative estimate of drug-likeness (QED) is 0.840. The normalized spacial score (nSPS) is 12.1. The van der Waals surface area contributed by atoms with Gasteiger partial charge in [0.15, 0.2) is 0 Å². The molecule has 94 valence electrons. The van der Waals surface area contributed by atoms with E-state index in [0.29, 0.717) is 5.69 Å². The molecule has 1 amide bonds. The Hall–Kier alpha value is -2.14. The number of benzene rings is 1. The Labute approximate surface area is 105 Å². The maximum atomic E-state index is 11.9. The number of amides is 1. The van der Waals surface area contributed by atoms with Gasteiger partial charge in [-0.15, -0.1) is 0 Å². The lowest BCUT2D eigenvalue weighted by molar-refractivity contribution is 0.0911. The van der Waals surface area contributed by atoms with Crippen LogP contribution in [0.4, 0.5) is 0 Å². The molecule has 0 radical (unpaired) electrons. The molecule has 0 spiro atoms. The van der Waals surface area contributed by atoms with Crippen LogP contribution in [0.2, 0.25) is 0 Å². The molecule has 2 rings (SSSR count). The second-order valence-electron chi connectivity index (χ2n) is 4.04. The average molecular weight is 245 g/mol. The van der Waals surface area contributed by atoms with Crippen molar-refractivity contribution in [3.63, 3.8) is 0 Å². The fourth-order valence-electron chi connectivity index (χ4n) is 1.68. The molecular formula is C13H15N3O2. The van der Waals surface area contributed by atoms with Gasteiger partial charge < -0.3 is 15.0 Å². The highest BCUT2D eigenvalue weighted by molar-refractivity contribution is 5.92. The summed E-state index contributed by atoms with van der Waals surface area (Å²) < 4.78 is 1.70. The maximum absolute atomic E-state index is 11.9. The smallest absolute Gasteiger partial charge is 0.272 e. The largest absolute Gasteiger partial charge is 0.394 e. The SMILES string of the molecule is Cn1cnc(C(=O)N[C@H](CO)c2ccccc2)c1. The Bertz CT molecular complexity index is 522. The topological polar surface area (TPSA) is 67.2 Å². The Balaban J connectivity index is 2.10. The molecule has 2 aromatic rings. The molecule has 18 heavy (non-hydrogen) atoms. The summed E-state index contributed by atoms with van der Waals surface area (Å²) >= 11 is 0. The lowest BCUT2D eigenvalue weighted by Crippen LogP contribution is -2.31. The highest BCUT2D eigenvalue weighted by Crippen LogP contribution is 2.12. The van der Waals surface area contributed by atoms with Gasteiger partial charge in [0.1, 0.15) is 5.69 Å². The Morgan fingerprint density at radius 1 is 1.44 bits per heavy atom. The number of hydrogen-bond acceptors (Lipinski definition) is 3. The minimum absolute atomic E-state index is 0.150. The van der Waals surface area contributed by atoms with Crippen LogP contribution in [0.5, 0.6) is 0 Å². The van der Waals surface area contributed by atoms with Crippen LogP contribution >= 0.6 is 0 Å². The van der Waals surface area contributed by atoms with Crippen molar-refractivity contribution in [2.24, 2.45) is 7.05 Å². The third-order valence-electron chi connectivity index (χ3n) is 2.63. The van der Waals surface area contributed by atoms with Gasteiger partial charge in [-0.1, -0.05) is 30.3 Å². The van der Waals surface area contributed by atoms with E-state index in [2.05, 4.69) is 10.3 Å². The van der Waals surface area contributed by atoms with E-state index in [4.69, 9.17) is 0 Å². The molecule has 2 N–H and O–H groups in total. The van der Waals surface area contributed by atoms with Gasteiger partial charge in [-0.05, 0) is 5.56 Å². The van der Waals surface area contributed by atoms with Crippen LogP contribution in [-0.4, -0.2) is 27.2 Å². The first kappa shape index (κ1) is 12.3. The van der Waals surface area contributed by atoms with Crippen LogP contribution < -0.4 is 5.32 Å². The fraction of sp³-hybridized carbons (Fsp3) is 0.231. The number of rotatable bonds is 4. The first-order valence-corrected chi connectivity index (χ1v) is 5.65. The van der Waals surface area contributed by atoms with Crippen molar-refractivity contribution < 1.29 is 9.90 Å². The van der Waals surface area contributed by atoms with Gasteiger partial charge in [-0.3, -0.25) is 4.79 Å². The number of imidazole rings is 1. The number of carbonyl (C=O) groups excluding carboxylic acids is 1. The Morgan fingerprint density at radius 3 is 2.72 bits per heavy atom. The van der Waals surface area contributed by atoms with E-state index >= 15 is 0 Å². The molecule has 0 saturated carbocycles. The molecule has 5 nitrogen and oxygen atoms in total. The van der Waals surface area contributed by atoms with Crippen molar-refractivity contribution in [2.75, 3.05) is 6.61 Å². The molecule has 1 heterocycles. The number of aromatic nitrogens is 2. The minimum atomic E-state index is -0.416. The van der Waals surface area contributed by atoms with Crippen molar-refractivity contribution in [3.05, 3.63) is 54.1 Å². The highest BCUT2D eigenvalue weighted by Gasteiger charge is 2.16. The van der Waals surface area contributed by atoms with Crippen LogP contribution in [0.25, 0.3) is 0 Å². The summed E-state index contributed by atoms with van der Waals surface area (Å²) in [5, 5.41) is 12.1. The van der Waals surface area contributed by atoms with E-state index < -0.39 is 6.04 Å². The van der Waals surface area contributed by atoms with E-state index in [0.717, 1.165) is 5.56 Å². The van der Waals surface area contributed by atoms with Crippen LogP contribution in [0.3, 0.4) is 0 Å². The van der Waals surface area contributed by atoms with E-state index in [9.17, 15) is 9.90 Å². The Kier molecular flexibility index (Phi) is 3.74. The lowest BCUT2D eigenvalue weighted by atomic mass is 10.1. The van der Waals surface area contributed by atoms with Crippen LogP contribution in [0, 0.1) is 0 Å². The summed E-state index contributed by atoms with van der Waals surface area (Å²) in [4.78, 5) is 15.9. The van der Waals surface area contributed by atoms with Gasteiger partial charge in [0.25, 0.3) is 5.91 Å². The molecule has 0 aliphatic heterocycles. The van der Waals surface area contributed by atoms with Crippen molar-refractivity contribution in [1.82, 2.24) is 14.9 Å². The van der Waals surface area contributed by atoms with Crippen molar-refractivity contribution in [3.8, 4) is 0 Å². The Morgan fingerprint density at radius 2 is 2.17 bits per heavy atom. The number of nitrogens with one attached hydrogen (secondary N) is 1. The first-order valence-electron chi connectivity index (χ1n) is 5.65. The van der Waals surface area contributed by atoms with Crippen LogP contribution in [0.15, 0.2) is 42.9 Å². The standard InChI is InChI=1S/C13H15N3O2/c1-16-7-11(14-9-16)13(18)15-12(8-17)10-5-3-2-4-6-10/h2-7,9,12,17H,8H2,1H3,(H,15,18)/t12-/m1/s1. The fourth-order valence-corrected chi connectivity index (χ4v) is 1.68. The summed E-state index contributed by atoms with van der Waals surface area (Å²) in [6, 6.07) is 8.92. The van der Waals surface area contributed by atoms with E-state index in [1.807, 2.05) is 30.3 Å². The first-order chi connectivity index (χ1) is 8.70. The molecule has 0 saturated heterocycles. The molecular weight excluding hydrogens is 230 g/mol. The predicted molar refractivity (Wildman–Crippen MR) is 66.9 cm³/mol. The van der Waals surface area contributed by atoms with Crippen molar-refractivity contribution in [2.45, 2.75) is 6.04 Å². The monoisotopic (exact) mass is 245 g/mol. The number of aryl methyl sites for hydroxylation is 1. The summed E-state index contributed by atoms with van der Waals surface area (Å²) in [5.41, 5.74) is 1.20. The highest BCUT2D eigenvalue weighted by atomic mass is 16.3. The summed E-state index contributed by atoms with van der Waals surface area (Å²) in [5.74, 6) is -0.293. The van der Waals surface area contributed by atoms with Gasteiger partial charge in [0.2, 0.25) is 0 Å². The van der Waals surface area contributed by atoms with Gasteiger partial charge in [-0.25, -0.2) is 4.98 Å². The second kappa shape index (κ2) is 5.46. The number of aliphatic hydroxyl groups is 1. The summed E-state index contributed by atoms with van der Waals surface area (Å²) in [7, 11) is 1.80. The lowest BCUT2D eigenvalue weighted by Gasteiger charge is -2.15. The molecule has 0 bridgehead atoms. The third kappa shape index (κ3) is 2.75. The number of hydrogen-bond donors (Lipinski definition) is 2. The molecule has 0 aliphatic carbocycles. The van der Waals surface area contributed by atoms with E-state index in [1.165, 1.54) is 0 Å². The van der Waals surface area contributed by atoms with E-state index in [-0.39, 0.29) is 12.5 Å². The zero-order chi connectivity index (χ0) is 13.0. The number of nitrogens with zero attached hydrogens (tertiary/aromatic N) is 2. The van der Waals surface area contributed by atoms with Gasteiger partial charge >= 0.3 is 0 Å². The zero-order valence-electron chi connectivity index (χ0n) is 10.1. The second-order valence-corrected chi connectivity index (χ2v) is 4.04. The van der Waals surface area contributed by atoms with Gasteiger partial charge in [-0.2, -0.15) is 0 Å². The molecule has 1 atom stereocenters. The van der Waals surface area contributed by atoms with Crippen LogP contribution in [0.1, 0.15) is 22.1 Å². The van der Waals surface area contributed by atoms with Gasteiger partial charge in [0, 0.05) is 13.2 Å². The van der Waals surface area contributed by atoms with Crippen LogP contribution in [-0.2, 0) is 7.05 Å². The van der Waals surface area contributed by atoms with E-state index in [1.54, 1.807) is 24.1 Å². The molecule has 1 aromatic heterocycles. The molecule has 0 aliphatic rings. The zero-order valence-corrected chi connectivity index (χ0v) is 10.1. The third-order valence-corrected chi connectivity index (χ3v) is 2.63. The number of aliphatic hydroxyl groups excluding tert-OH is 1. The maximum Gasteiger partial charge on any atom is 0.272 e. The van der Waals surface area contributed by atoms with Crippen molar-refractivity contribution >= 4 is 5.91 Å². The summed E-state index contributed by atoms with van der Waals surface area (Å²) in [6.07, 6.45) is 3.19. The molecule has 1 aromatic carbocycles. The summed E-state index contributed by atoms with van der Waals surface area (Å²) in [6.45, 7) is -0.150.